The first-order chi connectivity index (χ1) is 8.89. The van der Waals surface area contributed by atoms with Crippen molar-refractivity contribution in [2.45, 2.75) is 45.3 Å². The molecule has 1 aromatic carbocycles. The Morgan fingerprint density at radius 2 is 2.05 bits per heavy atom. The zero-order valence-corrected chi connectivity index (χ0v) is 13.7. The van der Waals surface area contributed by atoms with Gasteiger partial charge in [0.2, 0.25) is 0 Å². The summed E-state index contributed by atoms with van der Waals surface area (Å²) in [5, 5.41) is 3.49. The van der Waals surface area contributed by atoms with Crippen molar-refractivity contribution in [2.24, 2.45) is 0 Å². The van der Waals surface area contributed by atoms with E-state index in [4.69, 9.17) is 4.74 Å². The summed E-state index contributed by atoms with van der Waals surface area (Å²) in [5.74, 6) is -0.214. The van der Waals surface area contributed by atoms with Crippen molar-refractivity contribution in [1.29, 1.82) is 0 Å². The molecule has 2 nitrogen and oxygen atoms in total. The first kappa shape index (κ1) is 16.6. The maximum atomic E-state index is 13.4. The maximum absolute atomic E-state index is 13.4. The van der Waals surface area contributed by atoms with Gasteiger partial charge in [0.25, 0.3) is 0 Å². The number of hydrogen-bond acceptors (Lipinski definition) is 2. The zero-order chi connectivity index (χ0) is 14.5. The normalized spacial score (nSPS) is 13.6. The number of methoxy groups -OCH3 is 1. The van der Waals surface area contributed by atoms with Crippen molar-refractivity contribution in [2.75, 3.05) is 13.7 Å². The van der Waals surface area contributed by atoms with Crippen LogP contribution in [0.4, 0.5) is 4.39 Å². The molecule has 0 aliphatic carbocycles. The Hall–Kier alpha value is -0.450. The monoisotopic (exact) mass is 331 g/mol. The van der Waals surface area contributed by atoms with E-state index < -0.39 is 0 Å². The van der Waals surface area contributed by atoms with E-state index in [1.54, 1.807) is 13.2 Å². The Morgan fingerprint density at radius 3 is 2.58 bits per heavy atom. The van der Waals surface area contributed by atoms with Gasteiger partial charge in [0.15, 0.2) is 0 Å². The van der Waals surface area contributed by atoms with Crippen molar-refractivity contribution in [3.05, 3.63) is 34.1 Å². The van der Waals surface area contributed by atoms with Crippen LogP contribution in [-0.4, -0.2) is 25.3 Å². The van der Waals surface area contributed by atoms with Gasteiger partial charge < -0.3 is 10.1 Å². The molecule has 0 bridgehead atoms. The van der Waals surface area contributed by atoms with Crippen LogP contribution in [0.1, 0.15) is 32.8 Å². The molecular formula is C15H23BrFNO. The molecule has 0 amide bonds. The summed E-state index contributed by atoms with van der Waals surface area (Å²) in [6.07, 6.45) is 1.79. The number of benzene rings is 1. The Morgan fingerprint density at radius 1 is 1.37 bits per heavy atom. The lowest BCUT2D eigenvalue weighted by Crippen LogP contribution is -2.49. The number of nitrogens with one attached hydrogen (secondary N) is 1. The first-order valence-corrected chi connectivity index (χ1v) is 7.42. The number of halogens is 2. The molecule has 1 rings (SSSR count). The molecule has 0 fully saturated rings. The minimum absolute atomic E-state index is 0.145. The average Bonchev–Trinajstić information content (AvgIpc) is 2.33. The summed E-state index contributed by atoms with van der Waals surface area (Å²) in [6, 6.07) is 5.15. The van der Waals surface area contributed by atoms with Gasteiger partial charge in [-0.05, 0) is 57.0 Å². The highest BCUT2D eigenvalue weighted by atomic mass is 79.9. The van der Waals surface area contributed by atoms with E-state index in [9.17, 15) is 4.39 Å². The van der Waals surface area contributed by atoms with E-state index in [0.717, 1.165) is 29.4 Å². The van der Waals surface area contributed by atoms with E-state index in [1.807, 2.05) is 6.07 Å². The molecule has 0 heterocycles. The van der Waals surface area contributed by atoms with Crippen molar-refractivity contribution >= 4 is 15.9 Å². The predicted octanol–water partition coefficient (Wildman–Crippen LogP) is 3.92. The highest BCUT2D eigenvalue weighted by Crippen LogP contribution is 2.21. The lowest BCUT2D eigenvalue weighted by Gasteiger charge is -2.34. The Balaban J connectivity index is 2.87. The van der Waals surface area contributed by atoms with Crippen LogP contribution in [-0.2, 0) is 11.2 Å². The molecule has 108 valence electrons. The number of hydrogen-bond donors (Lipinski definition) is 1. The molecule has 1 N–H and O–H groups in total. The second-order valence-electron chi connectivity index (χ2n) is 5.30. The molecule has 0 aliphatic heterocycles. The summed E-state index contributed by atoms with van der Waals surface area (Å²) < 4.78 is 19.8. The molecule has 4 heteroatoms. The lowest BCUT2D eigenvalue weighted by molar-refractivity contribution is -0.00999. The van der Waals surface area contributed by atoms with Crippen molar-refractivity contribution in [3.8, 4) is 0 Å². The fourth-order valence-electron chi connectivity index (χ4n) is 1.99. The highest BCUT2D eigenvalue weighted by molar-refractivity contribution is 9.10. The van der Waals surface area contributed by atoms with Crippen LogP contribution in [0.3, 0.4) is 0 Å². The van der Waals surface area contributed by atoms with E-state index in [0.29, 0.717) is 0 Å². The summed E-state index contributed by atoms with van der Waals surface area (Å²) in [7, 11) is 1.71. The number of ether oxygens (including phenoxy) is 1. The van der Waals surface area contributed by atoms with E-state index >= 15 is 0 Å². The van der Waals surface area contributed by atoms with Crippen LogP contribution in [0.5, 0.6) is 0 Å². The van der Waals surface area contributed by atoms with Gasteiger partial charge in [-0.2, -0.15) is 0 Å². The molecule has 0 aliphatic rings. The molecule has 1 unspecified atom stereocenters. The molecule has 1 atom stereocenters. The molecule has 0 saturated carbocycles. The topological polar surface area (TPSA) is 21.3 Å². The SMILES string of the molecule is CCCNC(Cc1cc(F)cc(Br)c1)C(C)(C)OC. The van der Waals surface area contributed by atoms with E-state index in [-0.39, 0.29) is 17.5 Å². The predicted molar refractivity (Wildman–Crippen MR) is 81.0 cm³/mol. The van der Waals surface area contributed by atoms with Crippen molar-refractivity contribution in [3.63, 3.8) is 0 Å². The van der Waals surface area contributed by atoms with Gasteiger partial charge in [-0.3, -0.25) is 0 Å². The summed E-state index contributed by atoms with van der Waals surface area (Å²) in [6.45, 7) is 7.15. The minimum Gasteiger partial charge on any atom is -0.377 e. The van der Waals surface area contributed by atoms with Gasteiger partial charge in [0, 0.05) is 17.6 Å². The van der Waals surface area contributed by atoms with Crippen LogP contribution in [0, 0.1) is 5.82 Å². The van der Waals surface area contributed by atoms with Crippen molar-refractivity contribution < 1.29 is 9.13 Å². The Kier molecular flexibility index (Phi) is 6.43. The van der Waals surface area contributed by atoms with Crippen LogP contribution in [0.25, 0.3) is 0 Å². The lowest BCUT2D eigenvalue weighted by atomic mass is 9.92. The Labute approximate surface area is 123 Å². The molecule has 0 saturated heterocycles. The van der Waals surface area contributed by atoms with Gasteiger partial charge in [-0.15, -0.1) is 0 Å². The molecule has 0 radical (unpaired) electrons. The van der Waals surface area contributed by atoms with Gasteiger partial charge in [-0.25, -0.2) is 4.39 Å². The summed E-state index contributed by atoms with van der Waals surface area (Å²) >= 11 is 3.33. The molecule has 0 aromatic heterocycles. The van der Waals surface area contributed by atoms with E-state index in [1.165, 1.54) is 6.07 Å². The van der Waals surface area contributed by atoms with Crippen LogP contribution in [0.15, 0.2) is 22.7 Å². The van der Waals surface area contributed by atoms with Gasteiger partial charge in [-0.1, -0.05) is 22.9 Å². The quantitative estimate of drug-likeness (QED) is 0.817. The third-order valence-electron chi connectivity index (χ3n) is 3.37. The largest absolute Gasteiger partial charge is 0.377 e. The van der Waals surface area contributed by atoms with Crippen LogP contribution in [0.2, 0.25) is 0 Å². The fourth-order valence-corrected chi connectivity index (χ4v) is 2.50. The zero-order valence-electron chi connectivity index (χ0n) is 12.1. The van der Waals surface area contributed by atoms with Crippen molar-refractivity contribution in [1.82, 2.24) is 5.32 Å². The molecule has 19 heavy (non-hydrogen) atoms. The highest BCUT2D eigenvalue weighted by Gasteiger charge is 2.28. The van der Waals surface area contributed by atoms with Gasteiger partial charge in [0.1, 0.15) is 5.82 Å². The van der Waals surface area contributed by atoms with Gasteiger partial charge >= 0.3 is 0 Å². The average molecular weight is 332 g/mol. The van der Waals surface area contributed by atoms with Gasteiger partial charge in [0.05, 0.1) is 5.60 Å². The maximum Gasteiger partial charge on any atom is 0.124 e. The fraction of sp³-hybridized carbons (Fsp3) is 0.600. The summed E-state index contributed by atoms with van der Waals surface area (Å²) in [4.78, 5) is 0. The minimum atomic E-state index is -0.298. The second kappa shape index (κ2) is 7.36. The first-order valence-electron chi connectivity index (χ1n) is 6.62. The molecule has 1 aromatic rings. The van der Waals surface area contributed by atoms with E-state index in [2.05, 4.69) is 42.0 Å². The smallest absolute Gasteiger partial charge is 0.124 e. The number of rotatable bonds is 7. The third kappa shape index (κ3) is 5.21. The standard InChI is InChI=1S/C15H23BrFNO/c1-5-6-18-14(15(2,3)19-4)9-11-7-12(16)10-13(17)8-11/h7-8,10,14,18H,5-6,9H2,1-4H3. The second-order valence-corrected chi connectivity index (χ2v) is 6.21. The van der Waals surface area contributed by atoms with Crippen LogP contribution >= 0.6 is 15.9 Å². The Bertz CT molecular complexity index is 389. The summed E-state index contributed by atoms with van der Waals surface area (Å²) in [5.41, 5.74) is 0.666. The molecular weight excluding hydrogens is 309 g/mol. The molecule has 0 spiro atoms. The van der Waals surface area contributed by atoms with Crippen LogP contribution < -0.4 is 5.32 Å². The third-order valence-corrected chi connectivity index (χ3v) is 3.83.